The van der Waals surface area contributed by atoms with E-state index in [9.17, 15) is 44.1 Å². The van der Waals surface area contributed by atoms with Gasteiger partial charge in [-0.15, -0.1) is 0 Å². The van der Waals surface area contributed by atoms with E-state index >= 15 is 0 Å². The molecule has 1 aliphatic heterocycles. The van der Waals surface area contributed by atoms with Crippen LogP contribution in [0, 0.1) is 5.92 Å². The van der Waals surface area contributed by atoms with E-state index in [1.165, 1.54) is 0 Å². The normalized spacial score (nSPS) is 16.3. The van der Waals surface area contributed by atoms with Crippen molar-refractivity contribution in [2.45, 2.75) is 52.4 Å². The van der Waals surface area contributed by atoms with Gasteiger partial charge in [-0.3, -0.25) is 48.4 Å². The SMILES string of the molecule is CC(C)CCCNc1c(NCCCCCCNC(=O)CN2CCN(CC(=O)O)CCN(CC(=O)O)CCN(CC(=O)O)CC2)c(=O)c1=O. The molecule has 16 nitrogen and oxygen atoms in total. The number of hydrogen-bond acceptors (Lipinski definition) is 12. The number of carboxylic acids is 3. The minimum atomic E-state index is -1.02. The summed E-state index contributed by atoms with van der Waals surface area (Å²) in [6.45, 7) is 8.11. The van der Waals surface area contributed by atoms with Crippen molar-refractivity contribution in [3.8, 4) is 0 Å². The Morgan fingerprint density at radius 3 is 1.29 bits per heavy atom. The van der Waals surface area contributed by atoms with Gasteiger partial charge < -0.3 is 31.3 Å². The van der Waals surface area contributed by atoms with Gasteiger partial charge in [0.1, 0.15) is 11.4 Å². The quantitative estimate of drug-likeness (QED) is 0.0726. The molecule has 6 N–H and O–H groups in total. The molecule has 272 valence electrons. The van der Waals surface area contributed by atoms with Crippen LogP contribution in [0.25, 0.3) is 0 Å². The molecule has 48 heavy (non-hydrogen) atoms. The van der Waals surface area contributed by atoms with Gasteiger partial charge in [0.25, 0.3) is 10.9 Å². The van der Waals surface area contributed by atoms with Crippen molar-refractivity contribution >= 4 is 35.2 Å². The van der Waals surface area contributed by atoms with Crippen LogP contribution in [0.1, 0.15) is 52.4 Å². The molecule has 0 bridgehead atoms. The summed E-state index contributed by atoms with van der Waals surface area (Å²) >= 11 is 0. The zero-order valence-electron chi connectivity index (χ0n) is 28.5. The van der Waals surface area contributed by atoms with Gasteiger partial charge in [0.15, 0.2) is 0 Å². The Balaban J connectivity index is 1.77. The first kappa shape index (κ1) is 40.6. The monoisotopic (exact) mass is 681 g/mol. The standard InChI is InChI=1S/C32H55N7O9/c1-24(2)8-7-11-35-30-29(31(47)32(30)48)34-10-6-4-3-5-9-33-25(40)20-36-12-14-37(21-26(41)42)16-18-39(23-28(45)46)19-17-38(15-13-36)22-27(43)44/h24,34-35H,3-23H2,1-2H3,(H,33,40)(H,41,42)(H,43,44)(H,45,46). The van der Waals surface area contributed by atoms with Crippen molar-refractivity contribution in [2.75, 3.05) is 109 Å². The maximum absolute atomic E-state index is 12.8. The number of rotatable bonds is 21. The lowest BCUT2D eigenvalue weighted by Crippen LogP contribution is -2.49. The highest BCUT2D eigenvalue weighted by Gasteiger charge is 2.22. The van der Waals surface area contributed by atoms with Gasteiger partial charge >= 0.3 is 17.9 Å². The molecule has 0 aliphatic carbocycles. The summed E-state index contributed by atoms with van der Waals surface area (Å²) in [4.78, 5) is 77.9. The Bertz CT molecular complexity index is 1200. The zero-order valence-corrected chi connectivity index (χ0v) is 28.5. The first-order chi connectivity index (χ1) is 22.8. The Morgan fingerprint density at radius 1 is 0.562 bits per heavy atom. The van der Waals surface area contributed by atoms with Crippen LogP contribution >= 0.6 is 0 Å². The highest BCUT2D eigenvalue weighted by molar-refractivity contribution is 5.78. The number of hydrogen-bond donors (Lipinski definition) is 6. The molecule has 0 aromatic heterocycles. The summed E-state index contributed by atoms with van der Waals surface area (Å²) in [5, 5.41) is 37.2. The molecule has 1 aromatic carbocycles. The predicted molar refractivity (Wildman–Crippen MR) is 183 cm³/mol. The molecule has 1 aromatic rings. The first-order valence-electron chi connectivity index (χ1n) is 17.0. The maximum Gasteiger partial charge on any atom is 0.317 e. The van der Waals surface area contributed by atoms with Crippen LogP contribution in [0.5, 0.6) is 0 Å². The Kier molecular flexibility index (Phi) is 18.7. The molecule has 0 saturated carbocycles. The van der Waals surface area contributed by atoms with Gasteiger partial charge in [-0.25, -0.2) is 0 Å². The fourth-order valence-electron chi connectivity index (χ4n) is 5.54. The first-order valence-corrected chi connectivity index (χ1v) is 17.0. The van der Waals surface area contributed by atoms with E-state index in [0.717, 1.165) is 38.5 Å². The molecule has 0 unspecified atom stereocenters. The lowest BCUT2D eigenvalue weighted by atomic mass is 10.1. The lowest BCUT2D eigenvalue weighted by Gasteiger charge is -2.32. The summed E-state index contributed by atoms with van der Waals surface area (Å²) in [7, 11) is 0. The van der Waals surface area contributed by atoms with Crippen molar-refractivity contribution < 1.29 is 34.5 Å². The van der Waals surface area contributed by atoms with Crippen molar-refractivity contribution in [3.63, 3.8) is 0 Å². The van der Waals surface area contributed by atoms with Crippen molar-refractivity contribution in [2.24, 2.45) is 5.92 Å². The fourth-order valence-corrected chi connectivity index (χ4v) is 5.54. The van der Waals surface area contributed by atoms with E-state index in [2.05, 4.69) is 29.8 Å². The van der Waals surface area contributed by atoms with Crippen LogP contribution in [-0.4, -0.2) is 157 Å². The number of carboxylic acid groups (broad SMARTS) is 3. The average molecular weight is 682 g/mol. The van der Waals surface area contributed by atoms with Crippen LogP contribution in [0.2, 0.25) is 0 Å². The van der Waals surface area contributed by atoms with E-state index in [1.54, 1.807) is 14.7 Å². The maximum atomic E-state index is 12.8. The number of carbonyl (C=O) groups is 4. The number of nitrogens with one attached hydrogen (secondary N) is 3. The smallest absolute Gasteiger partial charge is 0.317 e. The van der Waals surface area contributed by atoms with E-state index < -0.39 is 28.8 Å². The number of carbonyl (C=O) groups excluding carboxylic acids is 1. The highest BCUT2D eigenvalue weighted by atomic mass is 16.4. The third-order valence-electron chi connectivity index (χ3n) is 8.27. The van der Waals surface area contributed by atoms with Crippen LogP contribution in [0.3, 0.4) is 0 Å². The summed E-state index contributed by atoms with van der Waals surface area (Å²) in [5.41, 5.74) is -0.191. The minimum Gasteiger partial charge on any atom is -0.480 e. The van der Waals surface area contributed by atoms with E-state index in [-0.39, 0.29) is 32.1 Å². The zero-order chi connectivity index (χ0) is 35.5. The number of amides is 1. The van der Waals surface area contributed by atoms with Crippen LogP contribution < -0.4 is 26.8 Å². The molecule has 2 rings (SSSR count). The number of anilines is 2. The average Bonchev–Trinajstić information content (AvgIpc) is 3.00. The van der Waals surface area contributed by atoms with Crippen molar-refractivity contribution in [1.82, 2.24) is 24.9 Å². The number of unbranched alkanes of at least 4 members (excludes halogenated alkanes) is 3. The largest absolute Gasteiger partial charge is 0.480 e. The van der Waals surface area contributed by atoms with Crippen LogP contribution in [-0.2, 0) is 19.2 Å². The Labute approximate surface area is 282 Å². The lowest BCUT2D eigenvalue weighted by molar-refractivity contribution is -0.140. The summed E-state index contributed by atoms with van der Waals surface area (Å²) in [5.74, 6) is -2.62. The second kappa shape index (κ2) is 22.1. The molecule has 1 aliphatic rings. The molecular formula is C32H55N7O9. The van der Waals surface area contributed by atoms with Crippen molar-refractivity contribution in [3.05, 3.63) is 20.4 Å². The van der Waals surface area contributed by atoms with E-state index in [0.29, 0.717) is 89.3 Å². The summed E-state index contributed by atoms with van der Waals surface area (Å²) < 4.78 is 0. The molecular weight excluding hydrogens is 626 g/mol. The molecule has 1 saturated heterocycles. The minimum absolute atomic E-state index is 0.0760. The Hall–Kier alpha value is -3.60. The van der Waals surface area contributed by atoms with E-state index in [4.69, 9.17) is 0 Å². The van der Waals surface area contributed by atoms with Gasteiger partial charge in [-0.2, -0.15) is 0 Å². The summed E-state index contributed by atoms with van der Waals surface area (Å²) in [6.07, 6.45) is 5.29. The number of aliphatic carboxylic acids is 3. The molecule has 0 radical (unpaired) electrons. The molecule has 1 amide bonds. The molecule has 0 spiro atoms. The molecule has 1 fully saturated rings. The van der Waals surface area contributed by atoms with Gasteiger partial charge in [0, 0.05) is 72.0 Å². The second-order valence-corrected chi connectivity index (χ2v) is 12.8. The number of nitrogens with zero attached hydrogens (tertiary/aromatic N) is 4. The molecule has 1 heterocycles. The van der Waals surface area contributed by atoms with Gasteiger partial charge in [0.05, 0.1) is 26.2 Å². The van der Waals surface area contributed by atoms with Crippen molar-refractivity contribution in [1.29, 1.82) is 0 Å². The van der Waals surface area contributed by atoms with E-state index in [1.807, 2.05) is 4.90 Å². The fraction of sp³-hybridized carbons (Fsp3) is 0.750. The van der Waals surface area contributed by atoms with Gasteiger partial charge in [0.2, 0.25) is 5.91 Å². The summed E-state index contributed by atoms with van der Waals surface area (Å²) in [6, 6.07) is 0. The van der Waals surface area contributed by atoms with Crippen LogP contribution in [0.15, 0.2) is 9.59 Å². The predicted octanol–water partition coefficient (Wildman–Crippen LogP) is -0.305. The van der Waals surface area contributed by atoms with Crippen LogP contribution in [0.4, 0.5) is 11.4 Å². The second-order valence-electron chi connectivity index (χ2n) is 12.8. The Morgan fingerprint density at radius 2 is 0.917 bits per heavy atom. The van der Waals surface area contributed by atoms with Gasteiger partial charge in [-0.05, 0) is 31.6 Å². The molecule has 16 heteroatoms. The third kappa shape index (κ3) is 16.5. The molecule has 0 atom stereocenters. The third-order valence-corrected chi connectivity index (χ3v) is 8.27. The van der Waals surface area contributed by atoms with Gasteiger partial charge in [-0.1, -0.05) is 26.7 Å². The highest BCUT2D eigenvalue weighted by Crippen LogP contribution is 2.15. The topological polar surface area (TPSA) is 212 Å².